The molecule has 0 amide bonds. The number of hydrogen-bond donors (Lipinski definition) is 1. The number of nitrogens with zero attached hydrogens (tertiary/aromatic N) is 1. The molecule has 1 saturated heterocycles. The van der Waals surface area contributed by atoms with Crippen LogP contribution in [0.4, 0.5) is 4.39 Å². The van der Waals surface area contributed by atoms with Gasteiger partial charge in [0.2, 0.25) is 11.4 Å². The summed E-state index contributed by atoms with van der Waals surface area (Å²) in [5.41, 5.74) is -3.60. The third-order valence-electron chi connectivity index (χ3n) is 4.29. The lowest BCUT2D eigenvalue weighted by Gasteiger charge is -2.23. The summed E-state index contributed by atoms with van der Waals surface area (Å²) >= 11 is 3.29. The van der Waals surface area contributed by atoms with Gasteiger partial charge in [-0.15, -0.1) is 0 Å². The van der Waals surface area contributed by atoms with E-state index in [9.17, 15) is 28.4 Å². The molecule has 1 aliphatic heterocycles. The fraction of sp³-hybridized carbons (Fsp3) is 0.611. The van der Waals surface area contributed by atoms with Crippen LogP contribution in [0.25, 0.3) is 0 Å². The highest BCUT2D eigenvalue weighted by atomic mass is 79.9. The molecular formula is C18H22BrFN2O9. The van der Waals surface area contributed by atoms with Gasteiger partial charge in [0, 0.05) is 20.3 Å². The van der Waals surface area contributed by atoms with Crippen molar-refractivity contribution in [2.24, 2.45) is 0 Å². The minimum Gasteiger partial charge on any atom is -0.463 e. The fourth-order valence-corrected chi connectivity index (χ4v) is 3.80. The number of aromatic amines is 1. The molecule has 13 heteroatoms. The number of halogens is 2. The number of H-pyrrole nitrogens is 1. The normalized spacial score (nSPS) is 23.3. The Balaban J connectivity index is 2.15. The highest BCUT2D eigenvalue weighted by molar-refractivity contribution is 9.09. The van der Waals surface area contributed by atoms with Gasteiger partial charge in [-0.05, 0) is 13.8 Å². The molecule has 4 atom stereocenters. The highest BCUT2D eigenvalue weighted by Gasteiger charge is 2.47. The summed E-state index contributed by atoms with van der Waals surface area (Å²) in [5.74, 6) is -3.27. The number of ether oxygens (including phenoxy) is 4. The van der Waals surface area contributed by atoms with Gasteiger partial charge < -0.3 is 18.9 Å². The maximum Gasteiger partial charge on any atom is 0.350 e. The average Bonchev–Trinajstić information content (AvgIpc) is 2.92. The molecule has 2 heterocycles. The van der Waals surface area contributed by atoms with Crippen molar-refractivity contribution in [2.45, 2.75) is 63.0 Å². The van der Waals surface area contributed by atoms with E-state index in [2.05, 4.69) is 15.9 Å². The summed E-state index contributed by atoms with van der Waals surface area (Å²) in [5, 5.41) is 0. The molecule has 0 saturated carbocycles. The van der Waals surface area contributed by atoms with E-state index in [1.54, 1.807) is 0 Å². The minimum absolute atomic E-state index is 0.0407. The van der Waals surface area contributed by atoms with Gasteiger partial charge in [-0.25, -0.2) is 9.59 Å². The zero-order valence-electron chi connectivity index (χ0n) is 17.2. The van der Waals surface area contributed by atoms with Gasteiger partial charge >= 0.3 is 23.6 Å². The topological polar surface area (TPSA) is 143 Å². The molecule has 1 N–H and O–H groups in total. The van der Waals surface area contributed by atoms with E-state index in [4.69, 9.17) is 18.9 Å². The van der Waals surface area contributed by atoms with Crippen molar-refractivity contribution < 1.29 is 37.7 Å². The number of rotatable bonds is 7. The molecule has 2 rings (SSSR count). The monoisotopic (exact) mass is 508 g/mol. The molecule has 1 aliphatic rings. The summed E-state index contributed by atoms with van der Waals surface area (Å²) in [6.07, 6.45) is -2.15. The first-order chi connectivity index (χ1) is 14.3. The van der Waals surface area contributed by atoms with Gasteiger partial charge in [-0.2, -0.15) is 4.39 Å². The fourth-order valence-electron chi connectivity index (χ4n) is 2.98. The molecule has 0 bridgehead atoms. The molecule has 1 fully saturated rings. The highest BCUT2D eigenvalue weighted by Crippen LogP contribution is 2.37. The van der Waals surface area contributed by atoms with Crippen LogP contribution in [0.1, 0.15) is 40.3 Å². The largest absolute Gasteiger partial charge is 0.463 e. The first-order valence-electron chi connectivity index (χ1n) is 9.18. The lowest BCUT2D eigenvalue weighted by Crippen LogP contribution is -2.39. The molecule has 0 spiro atoms. The van der Waals surface area contributed by atoms with E-state index in [1.807, 2.05) is 4.98 Å². The lowest BCUT2D eigenvalue weighted by molar-refractivity contribution is -0.178. The molecule has 1 aromatic heterocycles. The molecule has 11 nitrogen and oxygen atoms in total. The zero-order valence-corrected chi connectivity index (χ0v) is 18.8. The van der Waals surface area contributed by atoms with Crippen molar-refractivity contribution in [1.82, 2.24) is 9.55 Å². The quantitative estimate of drug-likeness (QED) is 0.317. The van der Waals surface area contributed by atoms with E-state index in [-0.39, 0.29) is 13.0 Å². The summed E-state index contributed by atoms with van der Waals surface area (Å²) in [6, 6.07) is 0. The average molecular weight is 509 g/mol. The van der Waals surface area contributed by atoms with Crippen molar-refractivity contribution in [2.75, 3.05) is 6.61 Å². The zero-order chi connectivity index (χ0) is 23.5. The van der Waals surface area contributed by atoms with E-state index < -0.39 is 63.8 Å². The van der Waals surface area contributed by atoms with Crippen LogP contribution < -0.4 is 11.2 Å². The SMILES string of the molecule is CC(=O)O[C@@H]1C(CCOC(=O)C(C)(C)OC(C)=O)OC(n2cc(F)c(=O)[nH]c2=O)C1Br. The van der Waals surface area contributed by atoms with E-state index in [0.29, 0.717) is 6.20 Å². The Morgan fingerprint density at radius 2 is 1.90 bits per heavy atom. The molecule has 0 aliphatic carbocycles. The number of esters is 3. The molecular weight excluding hydrogens is 487 g/mol. The summed E-state index contributed by atoms with van der Waals surface area (Å²) in [6.45, 7) is 4.88. The Kier molecular flexibility index (Phi) is 7.76. The van der Waals surface area contributed by atoms with Crippen molar-refractivity contribution >= 4 is 33.8 Å². The summed E-state index contributed by atoms with van der Waals surface area (Å²) in [7, 11) is 0. The number of carbonyl (C=O) groups excluding carboxylic acids is 3. The number of aromatic nitrogens is 2. The molecule has 172 valence electrons. The predicted molar refractivity (Wildman–Crippen MR) is 105 cm³/mol. The van der Waals surface area contributed by atoms with Crippen molar-refractivity contribution in [3.8, 4) is 0 Å². The van der Waals surface area contributed by atoms with E-state index >= 15 is 0 Å². The van der Waals surface area contributed by atoms with Crippen molar-refractivity contribution in [1.29, 1.82) is 0 Å². The Labute approximate surface area is 183 Å². The molecule has 0 radical (unpaired) electrons. The van der Waals surface area contributed by atoms with E-state index in [1.165, 1.54) is 20.8 Å². The Morgan fingerprint density at radius 1 is 1.26 bits per heavy atom. The second-order valence-electron chi connectivity index (χ2n) is 7.26. The van der Waals surface area contributed by atoms with Crippen LogP contribution in [-0.2, 0) is 33.3 Å². The second kappa shape index (κ2) is 9.73. The predicted octanol–water partition coefficient (Wildman–Crippen LogP) is 0.543. The number of hydrogen-bond acceptors (Lipinski definition) is 9. The molecule has 1 aromatic rings. The van der Waals surface area contributed by atoms with Gasteiger partial charge in [0.15, 0.2) is 6.23 Å². The molecule has 3 unspecified atom stereocenters. The second-order valence-corrected chi connectivity index (χ2v) is 8.31. The van der Waals surface area contributed by atoms with Crippen molar-refractivity contribution in [3.05, 3.63) is 32.9 Å². The van der Waals surface area contributed by atoms with Gasteiger partial charge in [-0.3, -0.25) is 23.9 Å². The maximum absolute atomic E-state index is 13.7. The minimum atomic E-state index is -1.50. The summed E-state index contributed by atoms with van der Waals surface area (Å²) in [4.78, 5) is 59.1. The molecule has 31 heavy (non-hydrogen) atoms. The summed E-state index contributed by atoms with van der Waals surface area (Å²) < 4.78 is 35.5. The van der Waals surface area contributed by atoms with Crippen LogP contribution in [0.5, 0.6) is 0 Å². The van der Waals surface area contributed by atoms with Crippen LogP contribution >= 0.6 is 15.9 Å². The molecule has 0 aromatic carbocycles. The Hall–Kier alpha value is -2.54. The third kappa shape index (κ3) is 6.00. The smallest absolute Gasteiger partial charge is 0.350 e. The lowest BCUT2D eigenvalue weighted by atomic mass is 10.1. The van der Waals surface area contributed by atoms with Crippen LogP contribution in [0, 0.1) is 5.82 Å². The standard InChI is InChI=1S/C18H22BrFN2O9/c1-8(23)29-13-11(5-6-28-16(26)18(3,4)31-9(2)24)30-15(12(13)19)22-7-10(20)14(25)21-17(22)27/h7,11-13,15H,5-6H2,1-4H3,(H,21,25,27)/t11?,12?,13-,15?/m1/s1. The Morgan fingerprint density at radius 3 is 2.48 bits per heavy atom. The van der Waals surface area contributed by atoms with Gasteiger partial charge in [-0.1, -0.05) is 15.9 Å². The maximum atomic E-state index is 13.7. The van der Waals surface area contributed by atoms with Crippen LogP contribution in [0.3, 0.4) is 0 Å². The van der Waals surface area contributed by atoms with Crippen molar-refractivity contribution in [3.63, 3.8) is 0 Å². The number of nitrogens with one attached hydrogen (secondary N) is 1. The Bertz CT molecular complexity index is 974. The van der Waals surface area contributed by atoms with Crippen LogP contribution in [-0.4, -0.2) is 56.7 Å². The first kappa shape index (κ1) is 24.7. The van der Waals surface area contributed by atoms with Gasteiger partial charge in [0.05, 0.1) is 17.6 Å². The first-order valence-corrected chi connectivity index (χ1v) is 10.1. The van der Waals surface area contributed by atoms with Crippen LogP contribution in [0.15, 0.2) is 15.8 Å². The third-order valence-corrected chi connectivity index (χ3v) is 5.27. The van der Waals surface area contributed by atoms with E-state index in [0.717, 1.165) is 11.5 Å². The van der Waals surface area contributed by atoms with Gasteiger partial charge in [0.1, 0.15) is 12.2 Å². The van der Waals surface area contributed by atoms with Crippen LogP contribution in [0.2, 0.25) is 0 Å². The van der Waals surface area contributed by atoms with Gasteiger partial charge in [0.25, 0.3) is 5.56 Å². The number of alkyl halides is 1. The number of carbonyl (C=O) groups is 3.